The molecule has 3 fully saturated rings. The first-order chi connectivity index (χ1) is 23.0. The standard InChI is InChI=1S/C34H35N3O9S2/c1-4-45-21-11-15(5-10-20(21)46-13-22(39)35-16-6-8-17(38)9-7-16)23-24-18-12-19(28(24)47-30-29(23)48-34(44)36-30)26-25(18)31(40)37(32(26)41)27(14(2)3)33(42)43/h5-11,14,18-19,23-28,38H,4,12-13H2,1-3H3,(H,35,39)(H,36,44)(H,42,43)/t18?,19?,23-,24?,25?,26?,27?,28?/m1/s1. The molecule has 7 unspecified atom stereocenters. The van der Waals surface area contributed by atoms with Crippen molar-refractivity contribution in [1.29, 1.82) is 0 Å². The van der Waals surface area contributed by atoms with E-state index in [1.807, 2.05) is 19.1 Å². The number of phenolic OH excluding ortho intramolecular Hbond substituents is 1. The summed E-state index contributed by atoms with van der Waals surface area (Å²) in [6, 6.07) is 10.4. The number of aromatic amines is 1. The van der Waals surface area contributed by atoms with E-state index >= 15 is 0 Å². The van der Waals surface area contributed by atoms with Crippen molar-refractivity contribution >= 4 is 52.5 Å². The lowest BCUT2D eigenvalue weighted by molar-refractivity contribution is -0.157. The third kappa shape index (κ3) is 5.25. The molecule has 2 aromatic carbocycles. The number of phenols is 1. The number of carboxylic acid groups (broad SMARTS) is 1. The second-order valence-corrected chi connectivity index (χ2v) is 15.3. The Kier molecular flexibility index (Phi) is 8.26. The van der Waals surface area contributed by atoms with Gasteiger partial charge in [0.25, 0.3) is 5.91 Å². The van der Waals surface area contributed by atoms with Gasteiger partial charge in [-0.3, -0.25) is 24.1 Å². The number of thioether (sulfide) groups is 1. The predicted molar refractivity (Wildman–Crippen MR) is 176 cm³/mol. The Morgan fingerprint density at radius 1 is 1.02 bits per heavy atom. The molecule has 12 nitrogen and oxygen atoms in total. The van der Waals surface area contributed by atoms with Crippen molar-refractivity contribution in [3.05, 3.63) is 62.6 Å². The smallest absolute Gasteiger partial charge is 0.327 e. The summed E-state index contributed by atoms with van der Waals surface area (Å²) in [4.78, 5) is 69.9. The van der Waals surface area contributed by atoms with Crippen molar-refractivity contribution in [2.24, 2.45) is 35.5 Å². The number of aliphatic carboxylic acids is 1. The Hall–Kier alpha value is -4.30. The number of thiazole rings is 1. The van der Waals surface area contributed by atoms with E-state index in [0.29, 0.717) is 30.2 Å². The summed E-state index contributed by atoms with van der Waals surface area (Å²) >= 11 is 2.69. The van der Waals surface area contributed by atoms with E-state index < -0.39 is 47.5 Å². The fraction of sp³-hybridized carbons (Fsp3) is 0.441. The van der Waals surface area contributed by atoms with Gasteiger partial charge < -0.3 is 30.0 Å². The number of H-pyrrole nitrogens is 1. The Labute approximate surface area is 283 Å². The third-order valence-electron chi connectivity index (χ3n) is 10.1. The average Bonchev–Trinajstić information content (AvgIpc) is 3.77. The Balaban J connectivity index is 1.19. The van der Waals surface area contributed by atoms with E-state index in [-0.39, 0.29) is 46.2 Å². The maximum atomic E-state index is 13.9. The molecule has 3 amide bonds. The van der Waals surface area contributed by atoms with Crippen LogP contribution in [0.25, 0.3) is 0 Å². The van der Waals surface area contributed by atoms with Crippen molar-refractivity contribution in [2.45, 2.75) is 49.4 Å². The van der Waals surface area contributed by atoms with E-state index in [9.17, 15) is 34.2 Å². The fourth-order valence-electron chi connectivity index (χ4n) is 8.37. The highest BCUT2D eigenvalue weighted by Gasteiger charge is 2.70. The van der Waals surface area contributed by atoms with E-state index in [4.69, 9.17) is 9.47 Å². The normalized spacial score (nSPS) is 27.4. The van der Waals surface area contributed by atoms with Gasteiger partial charge in [0.2, 0.25) is 11.8 Å². The van der Waals surface area contributed by atoms with Crippen LogP contribution >= 0.6 is 23.1 Å². The number of carboxylic acids is 1. The van der Waals surface area contributed by atoms with E-state index in [0.717, 1.165) is 31.7 Å². The predicted octanol–water partition coefficient (Wildman–Crippen LogP) is 4.14. The number of carbonyl (C=O) groups is 4. The molecule has 14 heteroatoms. The molecule has 2 bridgehead atoms. The summed E-state index contributed by atoms with van der Waals surface area (Å²) in [5, 5.41) is 22.9. The van der Waals surface area contributed by atoms with Crippen LogP contribution in [-0.2, 0) is 19.2 Å². The van der Waals surface area contributed by atoms with Gasteiger partial charge in [0.1, 0.15) is 11.8 Å². The second kappa shape index (κ2) is 12.3. The average molecular weight is 694 g/mol. The topological polar surface area (TPSA) is 175 Å². The van der Waals surface area contributed by atoms with Gasteiger partial charge in [-0.05, 0) is 79.0 Å². The summed E-state index contributed by atoms with van der Waals surface area (Å²) in [5.74, 6) is -3.82. The number of amides is 3. The number of benzene rings is 2. The number of anilines is 1. The van der Waals surface area contributed by atoms with Crippen molar-refractivity contribution in [3.63, 3.8) is 0 Å². The number of aromatic nitrogens is 1. The highest BCUT2D eigenvalue weighted by molar-refractivity contribution is 8.00. The van der Waals surface area contributed by atoms with Crippen LogP contribution < -0.4 is 19.7 Å². The molecule has 2 saturated carbocycles. The first-order valence-corrected chi connectivity index (χ1v) is 17.7. The molecule has 4 aliphatic rings. The number of imide groups is 1. The third-order valence-corrected chi connectivity index (χ3v) is 12.6. The first kappa shape index (κ1) is 32.3. The number of hydrogen-bond donors (Lipinski definition) is 4. The van der Waals surface area contributed by atoms with Crippen molar-refractivity contribution in [1.82, 2.24) is 9.88 Å². The molecule has 7 rings (SSSR count). The van der Waals surface area contributed by atoms with Gasteiger partial charge >= 0.3 is 10.8 Å². The number of aromatic hydroxyl groups is 1. The molecule has 0 spiro atoms. The van der Waals surface area contributed by atoms with Crippen LogP contribution in [-0.4, -0.2) is 68.3 Å². The Bertz CT molecular complexity index is 1850. The lowest BCUT2D eigenvalue weighted by Gasteiger charge is -2.43. The number of likely N-dealkylation sites (tertiary alicyclic amines) is 1. The summed E-state index contributed by atoms with van der Waals surface area (Å²) in [5.41, 5.74) is 1.36. The number of fused-ring (bicyclic) bond motifs is 9. The van der Waals surface area contributed by atoms with Crippen LogP contribution in [0.15, 0.2) is 52.3 Å². The van der Waals surface area contributed by atoms with E-state index in [2.05, 4.69) is 10.3 Å². The number of nitrogens with zero attached hydrogens (tertiary/aromatic N) is 1. The lowest BCUT2D eigenvalue weighted by atomic mass is 9.68. The molecule has 3 aromatic rings. The first-order valence-electron chi connectivity index (χ1n) is 16.0. The van der Waals surface area contributed by atoms with Crippen molar-refractivity contribution in [3.8, 4) is 17.2 Å². The van der Waals surface area contributed by atoms with Crippen molar-refractivity contribution < 1.29 is 38.9 Å². The van der Waals surface area contributed by atoms with Crippen LogP contribution in [0, 0.1) is 35.5 Å². The highest BCUT2D eigenvalue weighted by atomic mass is 32.2. The van der Waals surface area contributed by atoms with Crippen LogP contribution in [0.3, 0.4) is 0 Å². The van der Waals surface area contributed by atoms with Crippen LogP contribution in [0.1, 0.15) is 43.6 Å². The fourth-order valence-corrected chi connectivity index (χ4v) is 11.3. The molecule has 0 radical (unpaired) electrons. The number of carbonyl (C=O) groups excluding carboxylic acids is 3. The van der Waals surface area contributed by atoms with E-state index in [1.165, 1.54) is 12.1 Å². The summed E-state index contributed by atoms with van der Waals surface area (Å²) in [6.45, 7) is 5.28. The maximum Gasteiger partial charge on any atom is 0.327 e. The zero-order chi connectivity index (χ0) is 34.0. The Morgan fingerprint density at radius 3 is 2.40 bits per heavy atom. The molecule has 3 heterocycles. The molecule has 1 saturated heterocycles. The number of nitrogens with one attached hydrogen (secondary N) is 2. The molecular formula is C34H35N3O9S2. The summed E-state index contributed by atoms with van der Waals surface area (Å²) < 4.78 is 11.8. The molecule has 8 atom stereocenters. The summed E-state index contributed by atoms with van der Waals surface area (Å²) in [7, 11) is 0. The second-order valence-electron chi connectivity index (χ2n) is 13.1. The quantitative estimate of drug-likeness (QED) is 0.178. The number of hydrogen-bond acceptors (Lipinski definition) is 10. The van der Waals surface area contributed by atoms with Crippen LogP contribution in [0.2, 0.25) is 0 Å². The van der Waals surface area contributed by atoms with Gasteiger partial charge in [-0.25, -0.2) is 4.79 Å². The zero-order valence-electron chi connectivity index (χ0n) is 26.4. The van der Waals surface area contributed by atoms with Crippen LogP contribution in [0.4, 0.5) is 5.69 Å². The molecule has 252 valence electrons. The minimum Gasteiger partial charge on any atom is -0.508 e. The minimum atomic E-state index is -1.22. The largest absolute Gasteiger partial charge is 0.508 e. The van der Waals surface area contributed by atoms with Gasteiger partial charge in [0.15, 0.2) is 18.1 Å². The summed E-state index contributed by atoms with van der Waals surface area (Å²) in [6.07, 6.45) is 0.674. The molecule has 48 heavy (non-hydrogen) atoms. The molecule has 4 N–H and O–H groups in total. The number of rotatable bonds is 10. The van der Waals surface area contributed by atoms with Gasteiger partial charge in [-0.1, -0.05) is 31.3 Å². The van der Waals surface area contributed by atoms with Crippen molar-refractivity contribution in [2.75, 3.05) is 18.5 Å². The van der Waals surface area contributed by atoms with Crippen LogP contribution in [0.5, 0.6) is 17.2 Å². The lowest BCUT2D eigenvalue weighted by Crippen LogP contribution is -2.49. The van der Waals surface area contributed by atoms with Gasteiger partial charge in [0.05, 0.1) is 23.5 Å². The van der Waals surface area contributed by atoms with Gasteiger partial charge in [-0.15, -0.1) is 11.8 Å². The van der Waals surface area contributed by atoms with Gasteiger partial charge in [0, 0.05) is 21.7 Å². The van der Waals surface area contributed by atoms with Gasteiger partial charge in [-0.2, -0.15) is 0 Å². The Morgan fingerprint density at radius 2 is 1.73 bits per heavy atom. The zero-order valence-corrected chi connectivity index (χ0v) is 28.0. The molecule has 2 aliphatic heterocycles. The maximum absolute atomic E-state index is 13.9. The van der Waals surface area contributed by atoms with E-state index in [1.54, 1.807) is 43.8 Å². The number of ether oxygens (including phenoxy) is 2. The molecular weight excluding hydrogens is 659 g/mol. The molecule has 1 aromatic heterocycles. The SMILES string of the molecule is CCOc1cc([C@H]2c3sc(=O)[nH]c3SC3C4CC(C5C(=O)N(C(C(=O)O)C(C)C)C(=O)C45)C32)ccc1OCC(=O)Nc1ccc(O)cc1. The monoisotopic (exact) mass is 693 g/mol. The highest BCUT2D eigenvalue weighted by Crippen LogP contribution is 2.68. The molecule has 2 aliphatic carbocycles. The minimum absolute atomic E-state index is 0.0620.